The fourth-order valence-corrected chi connectivity index (χ4v) is 4.40. The molecular weight excluding hydrogens is 437 g/mol. The molecule has 3 rings (SSSR count). The highest BCUT2D eigenvalue weighted by molar-refractivity contribution is 9.10. The van der Waals surface area contributed by atoms with Gasteiger partial charge in [-0.25, -0.2) is 0 Å². The van der Waals surface area contributed by atoms with Crippen LogP contribution < -0.4 is 0 Å². The highest BCUT2D eigenvalue weighted by atomic mass is 79.9. The van der Waals surface area contributed by atoms with Crippen LogP contribution in [0.5, 0.6) is 0 Å². The van der Waals surface area contributed by atoms with Gasteiger partial charge >= 0.3 is 6.18 Å². The Morgan fingerprint density at radius 1 is 1.32 bits per heavy atom. The number of hydrogen-bond donors (Lipinski definition) is 1. The van der Waals surface area contributed by atoms with E-state index in [1.807, 2.05) is 20.8 Å². The van der Waals surface area contributed by atoms with Gasteiger partial charge in [-0.15, -0.1) is 0 Å². The lowest BCUT2D eigenvalue weighted by molar-refractivity contribution is -0.314. The molecule has 3 atom stereocenters. The molecule has 28 heavy (non-hydrogen) atoms. The first-order chi connectivity index (χ1) is 12.9. The molecule has 8 heteroatoms. The number of alkyl halides is 3. The van der Waals surface area contributed by atoms with Gasteiger partial charge in [0.1, 0.15) is 0 Å². The van der Waals surface area contributed by atoms with E-state index in [9.17, 15) is 23.1 Å². The maximum Gasteiger partial charge on any atom is 0.439 e. The van der Waals surface area contributed by atoms with Crippen molar-refractivity contribution in [1.29, 1.82) is 0 Å². The van der Waals surface area contributed by atoms with Crippen molar-refractivity contribution in [2.75, 3.05) is 0 Å². The Hall–Kier alpha value is -1.41. The zero-order valence-corrected chi connectivity index (χ0v) is 17.6. The van der Waals surface area contributed by atoms with Gasteiger partial charge in [0.15, 0.2) is 0 Å². The zero-order valence-electron chi connectivity index (χ0n) is 16.1. The van der Waals surface area contributed by atoms with Gasteiger partial charge in [0, 0.05) is 15.7 Å². The number of carbonyl (C=O) groups is 1. The Morgan fingerprint density at radius 3 is 2.46 bits per heavy atom. The highest BCUT2D eigenvalue weighted by Crippen LogP contribution is 2.52. The SMILES string of the molecule is CCC(C)(C)[C@@H]1CCC2=NN(C(=O)c3ccc(Br)cc3)[C@@](O)(C(F)(F)F)[C@H]2C1. The number of rotatable bonds is 3. The van der Waals surface area contributed by atoms with E-state index in [1.165, 1.54) is 12.1 Å². The summed E-state index contributed by atoms with van der Waals surface area (Å²) in [7, 11) is 0. The second-order valence-electron chi connectivity index (χ2n) is 8.31. The van der Waals surface area contributed by atoms with Gasteiger partial charge in [-0.2, -0.15) is 23.3 Å². The first-order valence-corrected chi connectivity index (χ1v) is 10.2. The van der Waals surface area contributed by atoms with Crippen molar-refractivity contribution in [3.8, 4) is 0 Å². The monoisotopic (exact) mass is 460 g/mol. The number of halogens is 4. The first-order valence-electron chi connectivity index (χ1n) is 9.38. The summed E-state index contributed by atoms with van der Waals surface area (Å²) in [5.74, 6) is -2.19. The summed E-state index contributed by atoms with van der Waals surface area (Å²) < 4.78 is 43.0. The average molecular weight is 461 g/mol. The van der Waals surface area contributed by atoms with Crippen LogP contribution in [-0.4, -0.2) is 33.6 Å². The summed E-state index contributed by atoms with van der Waals surface area (Å²) in [5, 5.41) is 15.1. The lowest BCUT2D eigenvalue weighted by atomic mass is 9.64. The Kier molecular flexibility index (Phi) is 5.42. The number of benzene rings is 1. The van der Waals surface area contributed by atoms with Crippen molar-refractivity contribution in [2.45, 2.75) is 58.4 Å². The molecule has 0 unspecified atom stereocenters. The number of hydrogen-bond acceptors (Lipinski definition) is 3. The second kappa shape index (κ2) is 7.13. The molecule has 1 aromatic rings. The van der Waals surface area contributed by atoms with E-state index in [1.54, 1.807) is 12.1 Å². The van der Waals surface area contributed by atoms with E-state index in [0.29, 0.717) is 17.3 Å². The maximum absolute atomic E-state index is 14.1. The van der Waals surface area contributed by atoms with Gasteiger partial charge in [0.25, 0.3) is 11.6 Å². The molecule has 1 aliphatic heterocycles. The van der Waals surface area contributed by atoms with Crippen LogP contribution in [-0.2, 0) is 0 Å². The van der Waals surface area contributed by atoms with Crippen molar-refractivity contribution < 1.29 is 23.1 Å². The van der Waals surface area contributed by atoms with Gasteiger partial charge in [0.05, 0.1) is 5.92 Å². The number of amides is 1. The molecule has 1 heterocycles. The Morgan fingerprint density at radius 2 is 1.93 bits per heavy atom. The van der Waals surface area contributed by atoms with Crippen molar-refractivity contribution in [3.05, 3.63) is 34.3 Å². The van der Waals surface area contributed by atoms with Gasteiger partial charge < -0.3 is 5.11 Å². The molecule has 1 fully saturated rings. The predicted molar refractivity (Wildman–Crippen MR) is 104 cm³/mol. The van der Waals surface area contributed by atoms with Crippen LogP contribution in [0.4, 0.5) is 13.2 Å². The molecule has 4 nitrogen and oxygen atoms in total. The molecule has 1 aromatic carbocycles. The molecule has 2 aliphatic rings. The zero-order chi connectivity index (χ0) is 20.9. The number of hydrazone groups is 1. The minimum Gasteiger partial charge on any atom is -0.362 e. The average Bonchev–Trinajstić information content (AvgIpc) is 2.95. The van der Waals surface area contributed by atoms with Gasteiger partial charge in [-0.3, -0.25) is 4.79 Å². The Labute approximate surface area is 170 Å². The maximum atomic E-state index is 14.1. The summed E-state index contributed by atoms with van der Waals surface area (Å²) in [4.78, 5) is 12.8. The Bertz CT molecular complexity index is 792. The smallest absolute Gasteiger partial charge is 0.362 e. The first kappa shape index (κ1) is 21.3. The molecular formula is C20H24BrF3N2O2. The van der Waals surface area contributed by atoms with Crippen molar-refractivity contribution in [2.24, 2.45) is 22.4 Å². The molecule has 1 N–H and O–H groups in total. The quantitative estimate of drug-likeness (QED) is 0.659. The molecule has 0 saturated heterocycles. The van der Waals surface area contributed by atoms with E-state index < -0.39 is 23.7 Å². The number of aliphatic hydroxyl groups is 1. The van der Waals surface area contributed by atoms with E-state index in [2.05, 4.69) is 21.0 Å². The summed E-state index contributed by atoms with van der Waals surface area (Å²) in [6, 6.07) is 5.95. The van der Waals surface area contributed by atoms with Crippen LogP contribution >= 0.6 is 15.9 Å². The van der Waals surface area contributed by atoms with Crippen LogP contribution in [0.2, 0.25) is 0 Å². The lowest BCUT2D eigenvalue weighted by Crippen LogP contribution is -2.62. The molecule has 154 valence electrons. The minimum atomic E-state index is -5.02. The number of nitrogens with zero attached hydrogens (tertiary/aromatic N) is 2. The fraction of sp³-hybridized carbons (Fsp3) is 0.600. The van der Waals surface area contributed by atoms with Crippen LogP contribution in [0.1, 0.15) is 56.8 Å². The molecule has 1 aliphatic carbocycles. The number of carbonyl (C=O) groups excluding carboxylic acids is 1. The summed E-state index contributed by atoms with van der Waals surface area (Å²) in [6.45, 7) is 6.08. The largest absolute Gasteiger partial charge is 0.439 e. The third kappa shape index (κ3) is 3.38. The number of fused-ring (bicyclic) bond motifs is 1. The van der Waals surface area contributed by atoms with Gasteiger partial charge in [0.2, 0.25) is 0 Å². The second-order valence-corrected chi connectivity index (χ2v) is 9.22. The van der Waals surface area contributed by atoms with Crippen molar-refractivity contribution in [3.63, 3.8) is 0 Å². The highest BCUT2D eigenvalue weighted by Gasteiger charge is 2.69. The van der Waals surface area contributed by atoms with E-state index in [-0.39, 0.29) is 34.0 Å². The molecule has 0 aromatic heterocycles. The van der Waals surface area contributed by atoms with Crippen LogP contribution in [0.25, 0.3) is 0 Å². The topological polar surface area (TPSA) is 52.9 Å². The van der Waals surface area contributed by atoms with E-state index >= 15 is 0 Å². The van der Waals surface area contributed by atoms with Crippen LogP contribution in [0.15, 0.2) is 33.8 Å². The van der Waals surface area contributed by atoms with E-state index in [0.717, 1.165) is 6.42 Å². The van der Waals surface area contributed by atoms with E-state index in [4.69, 9.17) is 0 Å². The lowest BCUT2D eigenvalue weighted by Gasteiger charge is -2.43. The van der Waals surface area contributed by atoms with Crippen LogP contribution in [0, 0.1) is 17.3 Å². The molecule has 0 spiro atoms. The molecule has 1 saturated carbocycles. The van der Waals surface area contributed by atoms with Crippen molar-refractivity contribution in [1.82, 2.24) is 5.01 Å². The van der Waals surface area contributed by atoms with Crippen molar-refractivity contribution >= 4 is 27.5 Å². The predicted octanol–water partition coefficient (Wildman–Crippen LogP) is 5.36. The summed E-state index contributed by atoms with van der Waals surface area (Å²) in [6.07, 6.45) is -3.00. The van der Waals surface area contributed by atoms with Gasteiger partial charge in [-0.05, 0) is 54.9 Å². The standard InChI is InChI=1S/C20H24BrF3N2O2/c1-4-18(2,3)13-7-10-16-15(11-13)19(28,20(22,23)24)26(25-16)17(27)12-5-8-14(21)9-6-12/h5-6,8-9,13,15,28H,4,7,10-11H2,1-3H3/t13-,15+,19+/m1/s1. The third-order valence-corrected chi connectivity index (χ3v) is 6.95. The molecule has 1 amide bonds. The Balaban J connectivity index is 2.00. The van der Waals surface area contributed by atoms with Crippen LogP contribution in [0.3, 0.4) is 0 Å². The minimum absolute atomic E-state index is 0.0121. The fourth-order valence-electron chi connectivity index (χ4n) is 4.13. The molecule has 0 radical (unpaired) electrons. The summed E-state index contributed by atoms with van der Waals surface area (Å²) >= 11 is 3.23. The van der Waals surface area contributed by atoms with Gasteiger partial charge in [-0.1, -0.05) is 43.1 Å². The third-order valence-electron chi connectivity index (χ3n) is 6.43. The molecule has 0 bridgehead atoms. The normalized spacial score (nSPS) is 28.1. The summed E-state index contributed by atoms with van der Waals surface area (Å²) in [5.41, 5.74) is -3.18.